The molecule has 3 rings (SSSR count). The molecule has 1 aromatic rings. The molecule has 0 saturated heterocycles. The average molecular weight is 562 g/mol. The molecule has 36 heavy (non-hydrogen) atoms. The van der Waals surface area contributed by atoms with Crippen molar-refractivity contribution in [3.63, 3.8) is 0 Å². The quantitative estimate of drug-likeness (QED) is 0.233. The van der Waals surface area contributed by atoms with E-state index in [0.29, 0.717) is 5.03 Å². The zero-order chi connectivity index (χ0) is 26.5. The van der Waals surface area contributed by atoms with E-state index in [2.05, 4.69) is 10.1 Å². The number of benzene rings is 1. The van der Waals surface area contributed by atoms with E-state index in [9.17, 15) is 27.8 Å². The third-order valence-corrected chi connectivity index (χ3v) is 8.05. The summed E-state index contributed by atoms with van der Waals surface area (Å²) in [5.41, 5.74) is -1.16. The first-order valence-corrected chi connectivity index (χ1v) is 13.6. The molecule has 1 aliphatic heterocycles. The summed E-state index contributed by atoms with van der Waals surface area (Å²) in [4.78, 5) is 35.4. The molecule has 0 radical (unpaired) electrons. The van der Waals surface area contributed by atoms with Crippen molar-refractivity contribution in [2.75, 3.05) is 6.79 Å². The summed E-state index contributed by atoms with van der Waals surface area (Å²) in [6.07, 6.45) is 5.98. The molecule has 4 unspecified atom stereocenters. The van der Waals surface area contributed by atoms with E-state index >= 15 is 0 Å². The van der Waals surface area contributed by atoms with Gasteiger partial charge in [0.15, 0.2) is 17.3 Å². The summed E-state index contributed by atoms with van der Waals surface area (Å²) in [6.45, 7) is 2.25. The van der Waals surface area contributed by atoms with Crippen molar-refractivity contribution in [2.24, 2.45) is 5.92 Å². The van der Waals surface area contributed by atoms with E-state index in [0.717, 1.165) is 18.3 Å². The SMILES string of the molecule is CC(C)OC(=O)OCOP(=O)(O)C(C(=O)N/C=C/c1ccc(F)c(F)c1)C1=CSC2C=CC(Cl)=CC12. The van der Waals surface area contributed by atoms with Crippen LogP contribution in [0, 0.1) is 17.6 Å². The monoisotopic (exact) mass is 561 g/mol. The highest BCUT2D eigenvalue weighted by Crippen LogP contribution is 2.56. The molecule has 1 aliphatic carbocycles. The standard InChI is InChI=1S/C23H23ClF2NO7PS/c1-13(2)34-23(29)32-12-33-35(30,31)21(17-11-36-20-6-4-15(24)10-16(17)20)22(28)27-8-7-14-3-5-18(25)19(26)9-14/h3-11,13,16,20-21H,12H2,1-2H3,(H,27,28)(H,30,31)/b8-7+. The van der Waals surface area contributed by atoms with E-state index in [-0.39, 0.29) is 16.4 Å². The van der Waals surface area contributed by atoms with Crippen molar-refractivity contribution < 1.29 is 41.8 Å². The molecule has 1 aromatic carbocycles. The van der Waals surface area contributed by atoms with Crippen molar-refractivity contribution in [2.45, 2.75) is 30.9 Å². The van der Waals surface area contributed by atoms with Crippen molar-refractivity contribution in [1.82, 2.24) is 5.32 Å². The van der Waals surface area contributed by atoms with E-state index in [1.54, 1.807) is 31.4 Å². The summed E-state index contributed by atoms with van der Waals surface area (Å²) in [7, 11) is -4.77. The van der Waals surface area contributed by atoms with Crippen LogP contribution >= 0.6 is 31.0 Å². The first kappa shape index (κ1) is 28.1. The van der Waals surface area contributed by atoms with Crippen molar-refractivity contribution >= 4 is 49.1 Å². The Hall–Kier alpha value is -2.43. The molecule has 2 aliphatic rings. The highest BCUT2D eigenvalue weighted by molar-refractivity contribution is 8.03. The van der Waals surface area contributed by atoms with Gasteiger partial charge in [-0.25, -0.2) is 13.6 Å². The van der Waals surface area contributed by atoms with E-state index in [1.165, 1.54) is 23.9 Å². The number of nitrogens with one attached hydrogen (secondary N) is 1. The summed E-state index contributed by atoms with van der Waals surface area (Å²) in [5, 5.41) is 4.22. The third-order valence-electron chi connectivity index (χ3n) is 4.97. The summed E-state index contributed by atoms with van der Waals surface area (Å²) < 4.78 is 54.2. The van der Waals surface area contributed by atoms with Gasteiger partial charge in [-0.15, -0.1) is 11.8 Å². The molecule has 0 fully saturated rings. The van der Waals surface area contributed by atoms with E-state index in [4.69, 9.17) is 20.9 Å². The van der Waals surface area contributed by atoms with Crippen molar-refractivity contribution in [3.8, 4) is 0 Å². The van der Waals surface area contributed by atoms with Gasteiger partial charge in [0.05, 0.1) is 6.10 Å². The molecule has 8 nitrogen and oxygen atoms in total. The fourth-order valence-electron chi connectivity index (χ4n) is 3.38. The maximum absolute atomic E-state index is 13.4. The van der Waals surface area contributed by atoms with Gasteiger partial charge in [-0.1, -0.05) is 29.8 Å². The number of ether oxygens (including phenoxy) is 2. The Morgan fingerprint density at radius 1 is 1.31 bits per heavy atom. The molecular weight excluding hydrogens is 539 g/mol. The van der Waals surface area contributed by atoms with Gasteiger partial charge < -0.3 is 19.7 Å². The van der Waals surface area contributed by atoms with Gasteiger partial charge in [-0.3, -0.25) is 13.9 Å². The normalized spacial score (nSPS) is 21.4. The van der Waals surface area contributed by atoms with Crippen LogP contribution in [0.1, 0.15) is 19.4 Å². The first-order chi connectivity index (χ1) is 17.0. The maximum Gasteiger partial charge on any atom is 0.510 e. The predicted molar refractivity (Wildman–Crippen MR) is 132 cm³/mol. The minimum absolute atomic E-state index is 0.146. The lowest BCUT2D eigenvalue weighted by molar-refractivity contribution is -0.119. The molecule has 4 atom stereocenters. The van der Waals surface area contributed by atoms with Crippen LogP contribution in [0.2, 0.25) is 0 Å². The summed E-state index contributed by atoms with van der Waals surface area (Å²) in [6, 6.07) is 3.13. The molecule has 0 saturated carbocycles. The Balaban J connectivity index is 1.79. The van der Waals surface area contributed by atoms with Gasteiger partial charge >= 0.3 is 13.8 Å². The second-order valence-electron chi connectivity index (χ2n) is 7.95. The first-order valence-electron chi connectivity index (χ1n) is 10.6. The minimum atomic E-state index is -4.77. The number of fused-ring (bicyclic) bond motifs is 1. The van der Waals surface area contributed by atoms with Gasteiger partial charge in [0.1, 0.15) is 0 Å². The number of amides is 1. The minimum Gasteiger partial charge on any atom is -0.432 e. The predicted octanol–water partition coefficient (Wildman–Crippen LogP) is 5.45. The van der Waals surface area contributed by atoms with Gasteiger partial charge in [0.25, 0.3) is 0 Å². The molecule has 194 valence electrons. The van der Waals surface area contributed by atoms with Crippen LogP contribution in [-0.2, 0) is 23.4 Å². The van der Waals surface area contributed by atoms with Crippen LogP contribution in [0.5, 0.6) is 0 Å². The molecule has 0 bridgehead atoms. The number of carbonyl (C=O) groups excluding carboxylic acids is 2. The lowest BCUT2D eigenvalue weighted by atomic mass is 9.90. The maximum atomic E-state index is 13.4. The van der Waals surface area contributed by atoms with Crippen LogP contribution in [0.25, 0.3) is 6.08 Å². The molecule has 0 aromatic heterocycles. The fraction of sp³-hybridized carbons (Fsp3) is 0.304. The zero-order valence-electron chi connectivity index (χ0n) is 19.1. The zero-order valence-corrected chi connectivity index (χ0v) is 21.6. The summed E-state index contributed by atoms with van der Waals surface area (Å²) >= 11 is 7.45. The molecule has 13 heteroatoms. The van der Waals surface area contributed by atoms with Crippen molar-refractivity contribution in [1.29, 1.82) is 0 Å². The third kappa shape index (κ3) is 7.30. The molecule has 1 amide bonds. The largest absolute Gasteiger partial charge is 0.510 e. The second-order valence-corrected chi connectivity index (χ2v) is 11.3. The second kappa shape index (κ2) is 12.2. The molecule has 2 N–H and O–H groups in total. The molecule has 0 spiro atoms. The number of hydrogen-bond acceptors (Lipinski definition) is 7. The Morgan fingerprint density at radius 3 is 2.75 bits per heavy atom. The molecular formula is C23H23ClF2NO7PS. The Kier molecular flexibility index (Phi) is 9.54. The van der Waals surface area contributed by atoms with Gasteiger partial charge in [-0.2, -0.15) is 0 Å². The van der Waals surface area contributed by atoms with Gasteiger partial charge in [0, 0.05) is 22.4 Å². The number of rotatable bonds is 9. The highest BCUT2D eigenvalue weighted by atomic mass is 35.5. The lowest BCUT2D eigenvalue weighted by Crippen LogP contribution is -2.36. The Labute approximate surface area is 215 Å². The Morgan fingerprint density at radius 2 is 2.06 bits per heavy atom. The van der Waals surface area contributed by atoms with Crippen LogP contribution in [-0.4, -0.2) is 40.8 Å². The smallest absolute Gasteiger partial charge is 0.432 e. The number of halogens is 3. The number of allylic oxidation sites excluding steroid dienone is 3. The van der Waals surface area contributed by atoms with Crippen molar-refractivity contribution in [3.05, 3.63) is 75.8 Å². The van der Waals surface area contributed by atoms with E-state index in [1.807, 2.05) is 6.08 Å². The lowest BCUT2D eigenvalue weighted by Gasteiger charge is -2.27. The number of thioether (sulfide) groups is 1. The average Bonchev–Trinajstić information content (AvgIpc) is 3.18. The van der Waals surface area contributed by atoms with Gasteiger partial charge in [0.2, 0.25) is 12.7 Å². The highest BCUT2D eigenvalue weighted by Gasteiger charge is 2.47. The van der Waals surface area contributed by atoms with Crippen LogP contribution in [0.15, 0.2) is 58.6 Å². The molecule has 1 heterocycles. The van der Waals surface area contributed by atoms with Crippen LogP contribution < -0.4 is 5.32 Å². The van der Waals surface area contributed by atoms with E-state index < -0.39 is 55.8 Å². The number of carbonyl (C=O) groups is 2. The summed E-state index contributed by atoms with van der Waals surface area (Å²) in [5.74, 6) is -3.47. The fourth-order valence-corrected chi connectivity index (χ4v) is 6.22. The Bertz CT molecular complexity index is 1190. The van der Waals surface area contributed by atoms with Crippen LogP contribution in [0.4, 0.5) is 13.6 Å². The topological polar surface area (TPSA) is 111 Å². The van der Waals surface area contributed by atoms with Crippen LogP contribution in [0.3, 0.4) is 0 Å². The van der Waals surface area contributed by atoms with Gasteiger partial charge in [-0.05, 0) is 54.7 Å². The number of hydrogen-bond donors (Lipinski definition) is 2.